The third kappa shape index (κ3) is 9.43. The van der Waals surface area contributed by atoms with E-state index in [1.54, 1.807) is 0 Å². The Morgan fingerprint density at radius 1 is 0.708 bits per heavy atom. The summed E-state index contributed by atoms with van der Waals surface area (Å²) in [5.41, 5.74) is -0.695. The van der Waals surface area contributed by atoms with Crippen LogP contribution in [0.1, 0.15) is 88.4 Å². The Labute approximate surface area is 310 Å². The van der Waals surface area contributed by atoms with E-state index in [0.29, 0.717) is 48.3 Å². The maximum absolute atomic E-state index is 13.1. The summed E-state index contributed by atoms with van der Waals surface area (Å²) < 4.78 is 21.5. The average molecular weight is 787 g/mol. The van der Waals surface area contributed by atoms with Crippen molar-refractivity contribution >= 4 is 87.5 Å². The summed E-state index contributed by atoms with van der Waals surface area (Å²) in [5.74, 6) is -1.76. The summed E-state index contributed by atoms with van der Waals surface area (Å²) in [6.45, 7) is 9.01. The second kappa shape index (κ2) is 17.1. The van der Waals surface area contributed by atoms with E-state index in [0.717, 1.165) is 31.7 Å². The van der Waals surface area contributed by atoms with Crippen molar-refractivity contribution in [1.82, 2.24) is 0 Å². The number of benzene rings is 2. The highest BCUT2D eigenvalue weighted by Crippen LogP contribution is 2.45. The molecule has 0 amide bonds. The average Bonchev–Trinajstić information content (AvgIpc) is 2.96. The van der Waals surface area contributed by atoms with Gasteiger partial charge in [0.2, 0.25) is 0 Å². The molecule has 0 spiro atoms. The Morgan fingerprint density at radius 2 is 1.17 bits per heavy atom. The third-order valence-corrected chi connectivity index (χ3v) is 11.4. The number of ether oxygens (including phenoxy) is 4. The number of carbonyl (C=O) groups excluding carboxylic acids is 3. The van der Waals surface area contributed by atoms with Crippen molar-refractivity contribution in [3.8, 4) is 11.5 Å². The molecule has 1 N–H and O–H groups in total. The number of aliphatic hydroxyl groups is 1. The fraction of sp³-hybridized carbons (Fsp3) is 0.559. The van der Waals surface area contributed by atoms with Crippen LogP contribution in [0, 0.1) is 35.5 Å². The van der Waals surface area contributed by atoms with Gasteiger partial charge in [0.05, 0.1) is 48.9 Å². The fourth-order valence-electron chi connectivity index (χ4n) is 6.01. The zero-order valence-electron chi connectivity index (χ0n) is 26.9. The second-order valence-corrected chi connectivity index (χ2v) is 15.5. The van der Waals surface area contributed by atoms with E-state index in [9.17, 15) is 19.5 Å². The van der Waals surface area contributed by atoms with Crippen LogP contribution in [0.3, 0.4) is 0 Å². The molecule has 0 aliphatic heterocycles. The molecule has 2 aromatic rings. The molecule has 14 heteroatoms. The number of carbonyl (C=O) groups is 3. The number of hydrogen-bond donors (Lipinski definition) is 1. The Morgan fingerprint density at radius 3 is 1.69 bits per heavy atom. The molecule has 8 nitrogen and oxygen atoms in total. The summed E-state index contributed by atoms with van der Waals surface area (Å²) in [4.78, 5) is 39.1. The summed E-state index contributed by atoms with van der Waals surface area (Å²) in [7, 11) is 0. The standard InChI is InChI=1S/C34H38Cl6O8/c1-15(2)19-9-17(10-19)5-7-45-31(41)25-27(39)21(35)13-23(37)29(25)47-33(43)34(44)48-30-24(38)14-22(36)28(40)26(30)32(42)46-8-6-18-11-20(12-18)16(3)4/h13-20,31,41H,5-12H2,1-4H3. The predicted octanol–water partition coefficient (Wildman–Crippen LogP) is 10.4. The molecule has 264 valence electrons. The Hall–Kier alpha value is -1.49. The quantitative estimate of drug-likeness (QED) is 0.0703. The molecule has 0 heterocycles. The van der Waals surface area contributed by atoms with Crippen LogP contribution < -0.4 is 9.47 Å². The first-order valence-corrected chi connectivity index (χ1v) is 18.1. The van der Waals surface area contributed by atoms with Crippen molar-refractivity contribution in [3.63, 3.8) is 0 Å². The zero-order valence-corrected chi connectivity index (χ0v) is 31.5. The largest absolute Gasteiger partial charge is 0.462 e. The van der Waals surface area contributed by atoms with Gasteiger partial charge in [-0.05, 0) is 86.2 Å². The summed E-state index contributed by atoms with van der Waals surface area (Å²) in [6.07, 6.45) is 3.90. The first-order chi connectivity index (χ1) is 22.6. The maximum Gasteiger partial charge on any atom is 0.423 e. The molecule has 0 bridgehead atoms. The van der Waals surface area contributed by atoms with Gasteiger partial charge >= 0.3 is 17.9 Å². The molecule has 1 unspecified atom stereocenters. The van der Waals surface area contributed by atoms with Gasteiger partial charge in [0.1, 0.15) is 5.56 Å². The number of aliphatic hydroxyl groups excluding tert-OH is 1. The number of rotatable bonds is 13. The molecule has 1 atom stereocenters. The third-order valence-electron chi connectivity index (χ3n) is 9.29. The van der Waals surface area contributed by atoms with E-state index < -0.39 is 41.3 Å². The number of esters is 3. The number of halogens is 6. The molecule has 2 aliphatic carbocycles. The van der Waals surface area contributed by atoms with E-state index in [1.807, 2.05) is 0 Å². The van der Waals surface area contributed by atoms with Gasteiger partial charge in [-0.15, -0.1) is 0 Å². The number of hydrogen-bond acceptors (Lipinski definition) is 8. The first kappa shape index (κ1) is 39.3. The van der Waals surface area contributed by atoms with Gasteiger partial charge in [-0.3, -0.25) is 0 Å². The normalized spacial score (nSPS) is 21.0. The first-order valence-electron chi connectivity index (χ1n) is 15.8. The van der Waals surface area contributed by atoms with Gasteiger partial charge in [0, 0.05) is 0 Å². The van der Waals surface area contributed by atoms with Gasteiger partial charge in [-0.1, -0.05) is 97.3 Å². The van der Waals surface area contributed by atoms with Crippen LogP contribution in [-0.2, 0) is 19.1 Å². The SMILES string of the molecule is CC(C)C1CC(CCOC(=O)c2c(Cl)c(Cl)cc(Cl)c2OC(=O)C(=O)Oc2c(Cl)cc(Cl)c(Cl)c2C(O)OCCC2CC(C(C)C)C2)C1. The van der Waals surface area contributed by atoms with Crippen LogP contribution >= 0.6 is 69.6 Å². The lowest BCUT2D eigenvalue weighted by molar-refractivity contribution is -0.156. The summed E-state index contributed by atoms with van der Waals surface area (Å²) in [6, 6.07) is 2.32. The van der Waals surface area contributed by atoms with Crippen molar-refractivity contribution in [3.05, 3.63) is 53.4 Å². The van der Waals surface area contributed by atoms with E-state index in [2.05, 4.69) is 27.7 Å². The highest BCUT2D eigenvalue weighted by Gasteiger charge is 2.34. The van der Waals surface area contributed by atoms with Crippen LogP contribution in [0.2, 0.25) is 30.1 Å². The van der Waals surface area contributed by atoms with Crippen molar-refractivity contribution < 1.29 is 38.4 Å². The molecule has 2 saturated carbocycles. The Balaban J connectivity index is 1.44. The van der Waals surface area contributed by atoms with E-state index in [1.165, 1.54) is 6.07 Å². The van der Waals surface area contributed by atoms with E-state index in [4.69, 9.17) is 88.6 Å². The minimum Gasteiger partial charge on any atom is -0.462 e. The van der Waals surface area contributed by atoms with E-state index >= 15 is 0 Å². The molecule has 2 aromatic carbocycles. The monoisotopic (exact) mass is 784 g/mol. The molecule has 48 heavy (non-hydrogen) atoms. The smallest absolute Gasteiger partial charge is 0.423 e. The molecular weight excluding hydrogens is 749 g/mol. The highest BCUT2D eigenvalue weighted by molar-refractivity contribution is 6.46. The lowest BCUT2D eigenvalue weighted by Gasteiger charge is -2.38. The van der Waals surface area contributed by atoms with Crippen molar-refractivity contribution in [2.24, 2.45) is 35.5 Å². The lowest BCUT2D eigenvalue weighted by Crippen LogP contribution is -2.29. The van der Waals surface area contributed by atoms with E-state index in [-0.39, 0.29) is 48.9 Å². The van der Waals surface area contributed by atoms with Crippen molar-refractivity contribution in [1.29, 1.82) is 0 Å². The maximum atomic E-state index is 13.1. The molecule has 0 radical (unpaired) electrons. The molecule has 4 rings (SSSR count). The van der Waals surface area contributed by atoms with Crippen LogP contribution in [0.4, 0.5) is 0 Å². The minimum atomic E-state index is -1.70. The van der Waals surface area contributed by atoms with Crippen LogP contribution in [0.25, 0.3) is 0 Å². The van der Waals surface area contributed by atoms with Gasteiger partial charge in [-0.25, -0.2) is 14.4 Å². The molecule has 2 aliphatic rings. The molecule has 0 saturated heterocycles. The molecular formula is C34H38Cl6O8. The fourth-order valence-corrected chi connectivity index (χ4v) is 7.47. The lowest BCUT2D eigenvalue weighted by atomic mass is 9.68. The van der Waals surface area contributed by atoms with Crippen molar-refractivity contribution in [2.45, 2.75) is 72.5 Å². The van der Waals surface area contributed by atoms with Gasteiger partial charge < -0.3 is 24.1 Å². The second-order valence-electron chi connectivity index (χ2n) is 13.2. The summed E-state index contributed by atoms with van der Waals surface area (Å²) >= 11 is 37.6. The van der Waals surface area contributed by atoms with Crippen LogP contribution in [0.5, 0.6) is 11.5 Å². The Bertz CT molecular complexity index is 1520. The van der Waals surface area contributed by atoms with Gasteiger partial charge in [-0.2, -0.15) is 0 Å². The van der Waals surface area contributed by atoms with Gasteiger partial charge in [0.15, 0.2) is 17.8 Å². The Kier molecular flexibility index (Phi) is 14.0. The highest BCUT2D eigenvalue weighted by atomic mass is 35.5. The summed E-state index contributed by atoms with van der Waals surface area (Å²) in [5, 5.41) is 9.70. The topological polar surface area (TPSA) is 108 Å². The minimum absolute atomic E-state index is 0.0525. The van der Waals surface area contributed by atoms with Gasteiger partial charge in [0.25, 0.3) is 0 Å². The van der Waals surface area contributed by atoms with Crippen LogP contribution in [-0.4, -0.2) is 36.2 Å². The molecule has 0 aromatic heterocycles. The molecule has 2 fully saturated rings. The van der Waals surface area contributed by atoms with Crippen molar-refractivity contribution in [2.75, 3.05) is 13.2 Å². The van der Waals surface area contributed by atoms with Crippen LogP contribution in [0.15, 0.2) is 12.1 Å². The zero-order chi connectivity index (χ0) is 35.4. The predicted molar refractivity (Wildman–Crippen MR) is 187 cm³/mol.